The maximum Gasteiger partial charge on any atom is 0.264 e. The van der Waals surface area contributed by atoms with E-state index >= 15 is 0 Å². The van der Waals surface area contributed by atoms with Crippen LogP contribution in [-0.2, 0) is 16.6 Å². The van der Waals surface area contributed by atoms with E-state index in [2.05, 4.69) is 0 Å². The largest absolute Gasteiger partial charge is 0.264 e. The molecule has 0 bridgehead atoms. The normalized spacial score (nSPS) is 11.3. The Kier molecular flexibility index (Phi) is 4.86. The van der Waals surface area contributed by atoms with Crippen molar-refractivity contribution in [1.82, 2.24) is 0 Å². The topological polar surface area (TPSA) is 37.4 Å². The molecule has 0 amide bonds. The number of halogens is 1. The van der Waals surface area contributed by atoms with E-state index in [9.17, 15) is 12.8 Å². The second-order valence-corrected chi connectivity index (χ2v) is 7.56. The molecule has 0 aliphatic carbocycles. The Labute approximate surface area is 147 Å². The molecule has 0 aliphatic rings. The molecule has 3 aromatic carbocycles. The maximum atomic E-state index is 14.4. The van der Waals surface area contributed by atoms with Crippen molar-refractivity contribution < 1.29 is 12.8 Å². The van der Waals surface area contributed by atoms with Crippen LogP contribution in [0.3, 0.4) is 0 Å². The lowest BCUT2D eigenvalue weighted by Gasteiger charge is -2.25. The summed E-state index contributed by atoms with van der Waals surface area (Å²) in [5, 5.41) is 0. The first-order valence-corrected chi connectivity index (χ1v) is 9.31. The molecule has 0 aromatic heterocycles. The lowest BCUT2D eigenvalue weighted by Crippen LogP contribution is -2.31. The van der Waals surface area contributed by atoms with Gasteiger partial charge in [0.2, 0.25) is 0 Å². The number of benzene rings is 3. The van der Waals surface area contributed by atoms with E-state index < -0.39 is 15.8 Å². The van der Waals surface area contributed by atoms with Crippen LogP contribution < -0.4 is 4.31 Å². The fraction of sp³-hybridized carbons (Fsp3) is 0.100. The Balaban J connectivity index is 2.13. The van der Waals surface area contributed by atoms with Gasteiger partial charge in [-0.1, -0.05) is 54.6 Å². The molecule has 25 heavy (non-hydrogen) atoms. The van der Waals surface area contributed by atoms with Crippen molar-refractivity contribution in [2.75, 3.05) is 4.31 Å². The molecule has 0 aliphatic heterocycles. The van der Waals surface area contributed by atoms with Crippen molar-refractivity contribution in [2.45, 2.75) is 18.4 Å². The van der Waals surface area contributed by atoms with Crippen molar-refractivity contribution in [2.24, 2.45) is 0 Å². The summed E-state index contributed by atoms with van der Waals surface area (Å²) in [5.74, 6) is -0.574. The average Bonchev–Trinajstić information content (AvgIpc) is 2.62. The Hall–Kier alpha value is -2.66. The zero-order valence-electron chi connectivity index (χ0n) is 13.8. The number of sulfonamides is 1. The first-order valence-electron chi connectivity index (χ1n) is 7.87. The maximum absolute atomic E-state index is 14.4. The highest BCUT2D eigenvalue weighted by Gasteiger charge is 2.27. The zero-order chi connectivity index (χ0) is 17.9. The fourth-order valence-electron chi connectivity index (χ4n) is 2.62. The van der Waals surface area contributed by atoms with E-state index in [4.69, 9.17) is 0 Å². The Morgan fingerprint density at radius 1 is 0.840 bits per heavy atom. The molecule has 0 saturated carbocycles. The van der Waals surface area contributed by atoms with Crippen LogP contribution in [-0.4, -0.2) is 8.42 Å². The number of hydrogen-bond donors (Lipinski definition) is 0. The molecular weight excluding hydrogens is 337 g/mol. The summed E-state index contributed by atoms with van der Waals surface area (Å²) in [5.41, 5.74) is 1.81. The van der Waals surface area contributed by atoms with E-state index in [1.54, 1.807) is 30.3 Å². The van der Waals surface area contributed by atoms with Crippen LogP contribution in [0.1, 0.15) is 11.1 Å². The van der Waals surface area contributed by atoms with E-state index in [1.165, 1.54) is 24.3 Å². The van der Waals surface area contributed by atoms with Gasteiger partial charge in [-0.05, 0) is 42.3 Å². The van der Waals surface area contributed by atoms with Gasteiger partial charge < -0.3 is 0 Å². The van der Waals surface area contributed by atoms with E-state index in [1.807, 2.05) is 31.2 Å². The molecule has 0 heterocycles. The average molecular weight is 355 g/mol. The summed E-state index contributed by atoms with van der Waals surface area (Å²) >= 11 is 0. The predicted molar refractivity (Wildman–Crippen MR) is 97.4 cm³/mol. The minimum absolute atomic E-state index is 0.0367. The number of hydrogen-bond acceptors (Lipinski definition) is 2. The molecule has 5 heteroatoms. The van der Waals surface area contributed by atoms with Crippen molar-refractivity contribution in [3.8, 4) is 0 Å². The molecular formula is C20H18FNO2S. The first-order chi connectivity index (χ1) is 12.0. The molecule has 3 nitrogen and oxygen atoms in total. The van der Waals surface area contributed by atoms with Gasteiger partial charge in [-0.15, -0.1) is 0 Å². The second kappa shape index (κ2) is 7.07. The molecule has 128 valence electrons. The highest BCUT2D eigenvalue weighted by Crippen LogP contribution is 2.28. The van der Waals surface area contributed by atoms with Gasteiger partial charge in [0.25, 0.3) is 10.0 Å². The summed E-state index contributed by atoms with van der Waals surface area (Å²) in [6.07, 6.45) is 0. The summed E-state index contributed by atoms with van der Waals surface area (Å²) in [6.45, 7) is 1.97. The summed E-state index contributed by atoms with van der Waals surface area (Å²) in [4.78, 5) is 0.131. The number of aryl methyl sites for hydroxylation is 1. The zero-order valence-corrected chi connectivity index (χ0v) is 14.6. The first kappa shape index (κ1) is 17.2. The van der Waals surface area contributed by atoms with E-state index in [-0.39, 0.29) is 17.1 Å². The molecule has 0 fully saturated rings. The number of rotatable bonds is 5. The molecule has 0 spiro atoms. The molecule has 3 rings (SSSR count). The van der Waals surface area contributed by atoms with Gasteiger partial charge in [-0.2, -0.15) is 0 Å². The third-order valence-corrected chi connectivity index (χ3v) is 5.80. The van der Waals surface area contributed by atoms with E-state index in [0.29, 0.717) is 0 Å². The highest BCUT2D eigenvalue weighted by atomic mass is 32.2. The molecule has 0 atom stereocenters. The molecule has 3 aromatic rings. The lowest BCUT2D eigenvalue weighted by molar-refractivity contribution is 0.584. The van der Waals surface area contributed by atoms with Crippen LogP contribution in [0.5, 0.6) is 0 Å². The van der Waals surface area contributed by atoms with Crippen molar-refractivity contribution >= 4 is 15.7 Å². The smallest absolute Gasteiger partial charge is 0.259 e. The van der Waals surface area contributed by atoms with Crippen molar-refractivity contribution in [3.63, 3.8) is 0 Å². The molecule has 0 N–H and O–H groups in total. The predicted octanol–water partition coefficient (Wildman–Crippen LogP) is 4.53. The number of nitrogens with zero attached hydrogens (tertiary/aromatic N) is 1. The van der Waals surface area contributed by atoms with Gasteiger partial charge in [0, 0.05) is 0 Å². The minimum Gasteiger partial charge on any atom is -0.259 e. The standard InChI is InChI=1S/C20H18FNO2S/c1-16-9-5-6-10-17(16)15-22(20-14-8-7-13-19(20)21)25(23,24)18-11-3-2-4-12-18/h2-14H,15H2,1H3. The van der Waals surface area contributed by atoms with Crippen LogP contribution in [0.15, 0.2) is 83.8 Å². The number of anilines is 1. The SMILES string of the molecule is Cc1ccccc1CN(c1ccccc1F)S(=O)(=O)c1ccccc1. The Morgan fingerprint density at radius 3 is 2.12 bits per heavy atom. The van der Waals surface area contributed by atoms with E-state index in [0.717, 1.165) is 15.4 Å². The van der Waals surface area contributed by atoms with Gasteiger partial charge in [0.05, 0.1) is 17.1 Å². The van der Waals surface area contributed by atoms with Gasteiger partial charge in [-0.3, -0.25) is 4.31 Å². The Bertz CT molecular complexity index is 972. The monoisotopic (exact) mass is 355 g/mol. The van der Waals surface area contributed by atoms with Gasteiger partial charge in [-0.25, -0.2) is 12.8 Å². The quantitative estimate of drug-likeness (QED) is 0.674. The lowest BCUT2D eigenvalue weighted by atomic mass is 10.1. The Morgan fingerprint density at radius 2 is 1.44 bits per heavy atom. The highest BCUT2D eigenvalue weighted by molar-refractivity contribution is 7.92. The third kappa shape index (κ3) is 3.56. The van der Waals surface area contributed by atoms with Crippen LogP contribution in [0, 0.1) is 12.7 Å². The number of para-hydroxylation sites is 1. The summed E-state index contributed by atoms with van der Waals surface area (Å²) < 4.78 is 41.8. The third-order valence-electron chi connectivity index (χ3n) is 4.03. The van der Waals surface area contributed by atoms with Crippen LogP contribution >= 0.6 is 0 Å². The summed E-state index contributed by atoms with van der Waals surface area (Å²) in [7, 11) is -3.90. The fourth-order valence-corrected chi connectivity index (χ4v) is 4.09. The van der Waals surface area contributed by atoms with Crippen LogP contribution in [0.2, 0.25) is 0 Å². The molecule has 0 radical (unpaired) electrons. The van der Waals surface area contributed by atoms with Crippen LogP contribution in [0.25, 0.3) is 0 Å². The minimum atomic E-state index is -3.90. The van der Waals surface area contributed by atoms with Crippen molar-refractivity contribution in [3.05, 3.63) is 95.8 Å². The van der Waals surface area contributed by atoms with Crippen LogP contribution in [0.4, 0.5) is 10.1 Å². The summed E-state index contributed by atoms with van der Waals surface area (Å²) in [6, 6.07) is 21.5. The molecule has 0 unspecified atom stereocenters. The van der Waals surface area contributed by atoms with Gasteiger partial charge in [0.1, 0.15) is 5.82 Å². The van der Waals surface area contributed by atoms with Crippen molar-refractivity contribution in [1.29, 1.82) is 0 Å². The van der Waals surface area contributed by atoms with Gasteiger partial charge in [0.15, 0.2) is 0 Å². The second-order valence-electron chi connectivity index (χ2n) is 5.70. The molecule has 0 saturated heterocycles. The van der Waals surface area contributed by atoms with Gasteiger partial charge >= 0.3 is 0 Å².